The normalized spacial score (nSPS) is 17.8. The van der Waals surface area contributed by atoms with Crippen molar-refractivity contribution >= 4 is 23.3 Å². The molecule has 0 radical (unpaired) electrons. The van der Waals surface area contributed by atoms with E-state index in [4.69, 9.17) is 14.0 Å². The molecule has 1 atom stereocenters. The molecule has 3 aromatic rings. The lowest BCUT2D eigenvalue weighted by molar-refractivity contribution is -0.132. The Morgan fingerprint density at radius 2 is 1.77 bits per heavy atom. The number of benzene rings is 2. The quantitative estimate of drug-likeness (QED) is 0.382. The van der Waals surface area contributed by atoms with E-state index in [0.29, 0.717) is 28.4 Å². The number of ether oxygens (including phenoxy) is 2. The lowest BCUT2D eigenvalue weighted by Gasteiger charge is -2.24. The van der Waals surface area contributed by atoms with Gasteiger partial charge < -0.3 is 19.1 Å². The number of methoxy groups -OCH3 is 2. The number of aliphatic hydroxyl groups is 1. The van der Waals surface area contributed by atoms with Gasteiger partial charge in [0.05, 0.1) is 19.8 Å². The maximum absolute atomic E-state index is 13.1. The van der Waals surface area contributed by atoms with E-state index >= 15 is 0 Å². The molecule has 8 heteroatoms. The predicted molar refractivity (Wildman–Crippen MR) is 112 cm³/mol. The third-order valence-electron chi connectivity index (χ3n) is 5.10. The summed E-state index contributed by atoms with van der Waals surface area (Å²) in [6.07, 6.45) is 0. The number of rotatable bonds is 5. The fourth-order valence-electron chi connectivity index (χ4n) is 3.63. The van der Waals surface area contributed by atoms with Crippen LogP contribution in [0, 0.1) is 6.92 Å². The Morgan fingerprint density at radius 3 is 2.39 bits per heavy atom. The smallest absolute Gasteiger partial charge is 0.301 e. The van der Waals surface area contributed by atoms with Gasteiger partial charge in [0, 0.05) is 17.2 Å². The molecule has 1 aromatic heterocycles. The van der Waals surface area contributed by atoms with Crippen LogP contribution in [0.1, 0.15) is 22.9 Å². The molecule has 1 aliphatic heterocycles. The zero-order chi connectivity index (χ0) is 22.1. The summed E-state index contributed by atoms with van der Waals surface area (Å²) in [6, 6.07) is 14.1. The lowest BCUT2D eigenvalue weighted by Crippen LogP contribution is -2.29. The SMILES string of the molecule is COc1ccc(C(O)=C2C(=O)C(=O)N(c3cc(C)on3)[C@H]2c2ccccc2OC)cc1. The van der Waals surface area contributed by atoms with Gasteiger partial charge in [0.1, 0.15) is 29.1 Å². The Bertz CT molecular complexity index is 1180. The van der Waals surface area contributed by atoms with Crippen LogP contribution in [0.15, 0.2) is 64.7 Å². The molecule has 1 amide bonds. The number of aryl methyl sites for hydroxylation is 1. The molecular formula is C23H20N2O6. The predicted octanol–water partition coefficient (Wildman–Crippen LogP) is 3.63. The standard InChI is InChI=1S/C23H20N2O6/c1-13-12-18(24-31-13)25-20(16-6-4-5-7-17(16)30-3)19(22(27)23(25)28)21(26)14-8-10-15(29-2)11-9-14/h4-12,20,26H,1-3H3/t20-/m0/s1. The number of nitrogens with zero attached hydrogens (tertiary/aromatic N) is 2. The number of carbonyl (C=O) groups is 2. The van der Waals surface area contributed by atoms with Crippen LogP contribution in [-0.4, -0.2) is 36.2 Å². The maximum atomic E-state index is 13.1. The Balaban J connectivity index is 1.95. The Morgan fingerprint density at radius 1 is 1.06 bits per heavy atom. The fourth-order valence-corrected chi connectivity index (χ4v) is 3.63. The number of aromatic nitrogens is 1. The van der Waals surface area contributed by atoms with Crippen LogP contribution >= 0.6 is 0 Å². The van der Waals surface area contributed by atoms with E-state index in [1.165, 1.54) is 19.1 Å². The first-order valence-electron chi connectivity index (χ1n) is 9.48. The van der Waals surface area contributed by atoms with Gasteiger partial charge in [-0.3, -0.25) is 14.5 Å². The average Bonchev–Trinajstić information content (AvgIpc) is 3.33. The van der Waals surface area contributed by atoms with E-state index in [9.17, 15) is 14.7 Å². The summed E-state index contributed by atoms with van der Waals surface area (Å²) >= 11 is 0. The highest BCUT2D eigenvalue weighted by Crippen LogP contribution is 2.44. The first-order valence-corrected chi connectivity index (χ1v) is 9.48. The van der Waals surface area contributed by atoms with Crippen molar-refractivity contribution in [3.63, 3.8) is 0 Å². The molecule has 0 unspecified atom stereocenters. The van der Waals surface area contributed by atoms with Crippen molar-refractivity contribution in [3.05, 3.63) is 77.1 Å². The zero-order valence-electron chi connectivity index (χ0n) is 17.2. The second kappa shape index (κ2) is 7.98. The molecule has 158 valence electrons. The van der Waals surface area contributed by atoms with Crippen LogP contribution in [0.2, 0.25) is 0 Å². The van der Waals surface area contributed by atoms with Gasteiger partial charge in [0.2, 0.25) is 0 Å². The lowest BCUT2D eigenvalue weighted by atomic mass is 9.94. The molecule has 1 N–H and O–H groups in total. The molecule has 0 saturated carbocycles. The second-order valence-corrected chi connectivity index (χ2v) is 6.94. The van der Waals surface area contributed by atoms with Crippen molar-refractivity contribution in [2.75, 3.05) is 19.1 Å². The van der Waals surface area contributed by atoms with Crippen molar-refractivity contribution < 1.29 is 28.7 Å². The molecule has 1 saturated heterocycles. The largest absolute Gasteiger partial charge is 0.507 e. The van der Waals surface area contributed by atoms with Gasteiger partial charge in [0.25, 0.3) is 5.78 Å². The van der Waals surface area contributed by atoms with E-state index in [1.807, 2.05) is 0 Å². The van der Waals surface area contributed by atoms with Crippen molar-refractivity contribution in [1.82, 2.24) is 5.16 Å². The summed E-state index contributed by atoms with van der Waals surface area (Å²) < 4.78 is 15.7. The average molecular weight is 420 g/mol. The number of ketones is 1. The topological polar surface area (TPSA) is 102 Å². The minimum absolute atomic E-state index is 0.0691. The molecular weight excluding hydrogens is 400 g/mol. The summed E-state index contributed by atoms with van der Waals surface area (Å²) in [4.78, 5) is 27.3. The van der Waals surface area contributed by atoms with Gasteiger partial charge in [-0.2, -0.15) is 0 Å². The summed E-state index contributed by atoms with van der Waals surface area (Å²) in [5.74, 6) is -0.254. The highest BCUT2D eigenvalue weighted by atomic mass is 16.5. The minimum atomic E-state index is -0.956. The summed E-state index contributed by atoms with van der Waals surface area (Å²) in [6.45, 7) is 1.68. The molecule has 0 spiro atoms. The molecule has 1 fully saturated rings. The highest BCUT2D eigenvalue weighted by Gasteiger charge is 2.49. The van der Waals surface area contributed by atoms with Gasteiger partial charge >= 0.3 is 5.91 Å². The summed E-state index contributed by atoms with van der Waals surface area (Å²) in [7, 11) is 3.02. The Hall–Kier alpha value is -4.07. The number of aliphatic hydroxyl groups excluding tert-OH is 1. The van der Waals surface area contributed by atoms with E-state index in [2.05, 4.69) is 5.16 Å². The highest BCUT2D eigenvalue weighted by molar-refractivity contribution is 6.51. The van der Waals surface area contributed by atoms with Crippen molar-refractivity contribution in [3.8, 4) is 11.5 Å². The first kappa shape index (κ1) is 20.2. The monoisotopic (exact) mass is 420 g/mol. The number of hydrogen-bond donors (Lipinski definition) is 1. The minimum Gasteiger partial charge on any atom is -0.507 e. The number of Topliss-reactive ketones (excluding diaryl/α,β-unsaturated/α-hetero) is 1. The van der Waals surface area contributed by atoms with E-state index in [1.54, 1.807) is 61.5 Å². The number of hydrogen-bond acceptors (Lipinski definition) is 7. The van der Waals surface area contributed by atoms with E-state index in [-0.39, 0.29) is 17.2 Å². The zero-order valence-corrected chi connectivity index (χ0v) is 17.2. The van der Waals surface area contributed by atoms with Crippen LogP contribution in [0.5, 0.6) is 11.5 Å². The van der Waals surface area contributed by atoms with Gasteiger partial charge in [-0.15, -0.1) is 0 Å². The number of anilines is 1. The molecule has 0 bridgehead atoms. The molecule has 2 aromatic carbocycles. The van der Waals surface area contributed by atoms with Crippen LogP contribution in [0.25, 0.3) is 5.76 Å². The Labute approximate surface area is 178 Å². The maximum Gasteiger partial charge on any atom is 0.301 e. The van der Waals surface area contributed by atoms with Crippen LogP contribution in [0.3, 0.4) is 0 Å². The second-order valence-electron chi connectivity index (χ2n) is 6.94. The molecule has 8 nitrogen and oxygen atoms in total. The van der Waals surface area contributed by atoms with Gasteiger partial charge in [-0.25, -0.2) is 0 Å². The molecule has 31 heavy (non-hydrogen) atoms. The molecule has 1 aliphatic rings. The first-order chi connectivity index (χ1) is 15.0. The number of amides is 1. The fraction of sp³-hybridized carbons (Fsp3) is 0.174. The van der Waals surface area contributed by atoms with Crippen molar-refractivity contribution in [1.29, 1.82) is 0 Å². The van der Waals surface area contributed by atoms with Crippen molar-refractivity contribution in [2.45, 2.75) is 13.0 Å². The van der Waals surface area contributed by atoms with E-state index in [0.717, 1.165) is 0 Å². The van der Waals surface area contributed by atoms with Gasteiger partial charge in [-0.1, -0.05) is 23.4 Å². The third kappa shape index (κ3) is 3.42. The molecule has 0 aliphatic carbocycles. The van der Waals surface area contributed by atoms with Crippen LogP contribution in [0.4, 0.5) is 5.82 Å². The van der Waals surface area contributed by atoms with Crippen LogP contribution in [-0.2, 0) is 9.59 Å². The number of para-hydroxylation sites is 1. The summed E-state index contributed by atoms with van der Waals surface area (Å²) in [5, 5.41) is 15.0. The molecule has 2 heterocycles. The van der Waals surface area contributed by atoms with Gasteiger partial charge in [0.15, 0.2) is 5.82 Å². The Kier molecular flexibility index (Phi) is 5.21. The van der Waals surface area contributed by atoms with E-state index < -0.39 is 17.7 Å². The molecule has 4 rings (SSSR count). The summed E-state index contributed by atoms with van der Waals surface area (Å²) in [5.41, 5.74) is 0.829. The van der Waals surface area contributed by atoms with Crippen molar-refractivity contribution in [2.24, 2.45) is 0 Å². The number of carbonyl (C=O) groups excluding carboxylic acids is 2. The third-order valence-corrected chi connectivity index (χ3v) is 5.10. The van der Waals surface area contributed by atoms with Crippen LogP contribution < -0.4 is 14.4 Å². The van der Waals surface area contributed by atoms with Gasteiger partial charge in [-0.05, 0) is 37.3 Å².